The second-order valence-corrected chi connectivity index (χ2v) is 7.57. The zero-order valence-electron chi connectivity index (χ0n) is 13.4. The Morgan fingerprint density at radius 1 is 1.33 bits per heavy atom. The molecule has 1 amide bonds. The fourth-order valence-corrected chi connectivity index (χ4v) is 2.89. The van der Waals surface area contributed by atoms with Crippen LogP contribution in [0, 0.1) is 5.41 Å². The monoisotopic (exact) mass is 360 g/mol. The molecule has 0 fully saturated rings. The molecule has 2 heterocycles. The fraction of sp³-hybridized carbons (Fsp3) is 0.267. The Morgan fingerprint density at radius 2 is 2.12 bits per heavy atom. The van der Waals surface area contributed by atoms with Gasteiger partial charge in [0, 0.05) is 16.7 Å². The van der Waals surface area contributed by atoms with E-state index >= 15 is 0 Å². The van der Waals surface area contributed by atoms with Gasteiger partial charge < -0.3 is 10.6 Å². The van der Waals surface area contributed by atoms with E-state index in [1.807, 2.05) is 45.0 Å². The summed E-state index contributed by atoms with van der Waals surface area (Å²) in [5.74, 6) is -0.134. The van der Waals surface area contributed by atoms with E-state index in [1.54, 1.807) is 10.8 Å². The molecule has 7 nitrogen and oxygen atoms in total. The number of hydrogen-bond donors (Lipinski definition) is 2. The van der Waals surface area contributed by atoms with E-state index in [9.17, 15) is 4.79 Å². The zero-order valence-corrected chi connectivity index (χ0v) is 15.0. The maximum atomic E-state index is 12.0. The summed E-state index contributed by atoms with van der Waals surface area (Å²) in [5.41, 5.74) is 1.20. The van der Waals surface area contributed by atoms with E-state index in [1.165, 1.54) is 11.3 Å². The molecule has 0 aliphatic rings. The van der Waals surface area contributed by atoms with Crippen LogP contribution in [0.5, 0.6) is 0 Å². The summed E-state index contributed by atoms with van der Waals surface area (Å²) < 4.78 is 1.63. The van der Waals surface area contributed by atoms with Crippen molar-refractivity contribution in [2.45, 2.75) is 20.8 Å². The Kier molecular flexibility index (Phi) is 4.29. The second kappa shape index (κ2) is 6.25. The van der Waals surface area contributed by atoms with Crippen molar-refractivity contribution >= 4 is 45.2 Å². The Morgan fingerprint density at radius 3 is 2.83 bits per heavy atom. The highest BCUT2D eigenvalue weighted by Gasteiger charge is 2.22. The fourth-order valence-electron chi connectivity index (χ4n) is 1.86. The first-order chi connectivity index (χ1) is 11.3. The summed E-state index contributed by atoms with van der Waals surface area (Å²) in [6, 6.07) is 7.64. The molecule has 0 bridgehead atoms. The topological polar surface area (TPSA) is 84.2 Å². The van der Waals surface area contributed by atoms with Gasteiger partial charge in [0.15, 0.2) is 5.11 Å². The van der Waals surface area contributed by atoms with Gasteiger partial charge in [-0.3, -0.25) is 4.79 Å². The van der Waals surface area contributed by atoms with Gasteiger partial charge in [0.2, 0.25) is 10.9 Å². The lowest BCUT2D eigenvalue weighted by Gasteiger charge is -2.18. The first-order valence-electron chi connectivity index (χ1n) is 7.23. The molecular formula is C15H16N6OS2. The molecule has 0 aliphatic carbocycles. The first kappa shape index (κ1) is 16.5. The predicted octanol–water partition coefficient (Wildman–Crippen LogP) is 2.71. The van der Waals surface area contributed by atoms with Crippen LogP contribution < -0.4 is 10.6 Å². The third-order valence-corrected chi connectivity index (χ3v) is 4.33. The highest BCUT2D eigenvalue weighted by atomic mass is 32.1. The third-order valence-electron chi connectivity index (χ3n) is 3.16. The van der Waals surface area contributed by atoms with Crippen LogP contribution in [0.3, 0.4) is 0 Å². The minimum Gasteiger partial charge on any atom is -0.332 e. The SMILES string of the molecule is CC(C)(C)C(=O)NC(=S)Nc1cccc(-c2nn3cnnc3s2)c1. The van der Waals surface area contributed by atoms with Gasteiger partial charge in [0.05, 0.1) is 0 Å². The van der Waals surface area contributed by atoms with E-state index in [-0.39, 0.29) is 11.0 Å². The lowest BCUT2D eigenvalue weighted by molar-refractivity contribution is -0.126. The number of benzene rings is 1. The molecular weight excluding hydrogens is 344 g/mol. The van der Waals surface area contributed by atoms with Crippen molar-refractivity contribution in [2.75, 3.05) is 5.32 Å². The number of thiocarbonyl (C=S) groups is 1. The molecule has 0 unspecified atom stereocenters. The lowest BCUT2D eigenvalue weighted by Crippen LogP contribution is -2.41. The lowest BCUT2D eigenvalue weighted by atomic mass is 9.96. The van der Waals surface area contributed by atoms with E-state index in [4.69, 9.17) is 12.2 Å². The third kappa shape index (κ3) is 3.57. The molecule has 3 aromatic rings. The number of nitrogens with one attached hydrogen (secondary N) is 2. The number of rotatable bonds is 2. The number of amides is 1. The van der Waals surface area contributed by atoms with Gasteiger partial charge in [-0.05, 0) is 24.4 Å². The Hall–Kier alpha value is -2.39. The van der Waals surface area contributed by atoms with Crippen LogP contribution in [0.4, 0.5) is 5.69 Å². The van der Waals surface area contributed by atoms with Crippen molar-refractivity contribution in [2.24, 2.45) is 5.41 Å². The minimum atomic E-state index is -0.503. The summed E-state index contributed by atoms with van der Waals surface area (Å²) in [7, 11) is 0. The average Bonchev–Trinajstić information content (AvgIpc) is 3.07. The molecule has 3 rings (SSSR count). The summed E-state index contributed by atoms with van der Waals surface area (Å²) >= 11 is 6.65. The predicted molar refractivity (Wildman–Crippen MR) is 97.9 cm³/mol. The number of carbonyl (C=O) groups is 1. The van der Waals surface area contributed by atoms with Crippen molar-refractivity contribution in [1.29, 1.82) is 0 Å². The van der Waals surface area contributed by atoms with Crippen LogP contribution >= 0.6 is 23.6 Å². The number of anilines is 1. The molecule has 2 N–H and O–H groups in total. The molecule has 0 atom stereocenters. The van der Waals surface area contributed by atoms with E-state index < -0.39 is 5.41 Å². The summed E-state index contributed by atoms with van der Waals surface area (Å²) in [6.07, 6.45) is 1.56. The number of hydrogen-bond acceptors (Lipinski definition) is 6. The van der Waals surface area contributed by atoms with Crippen LogP contribution in [-0.4, -0.2) is 30.8 Å². The standard InChI is InChI=1S/C15H16N6OS2/c1-15(2,3)12(22)18-13(23)17-10-6-4-5-9(7-10)11-20-21-8-16-19-14(21)24-11/h4-8H,1-3H3,(H2,17,18,22,23). The van der Waals surface area contributed by atoms with Gasteiger partial charge in [-0.15, -0.1) is 10.2 Å². The normalized spacial score (nSPS) is 11.5. The quantitative estimate of drug-likeness (QED) is 0.684. The van der Waals surface area contributed by atoms with Crippen molar-refractivity contribution in [3.8, 4) is 10.6 Å². The highest BCUT2D eigenvalue weighted by Crippen LogP contribution is 2.26. The number of nitrogens with zero attached hydrogens (tertiary/aromatic N) is 4. The molecule has 9 heteroatoms. The Balaban J connectivity index is 1.74. The maximum absolute atomic E-state index is 12.0. The Labute approximate surface area is 148 Å². The Bertz CT molecular complexity index is 879. The zero-order chi connectivity index (χ0) is 17.3. The van der Waals surface area contributed by atoms with E-state index in [0.29, 0.717) is 0 Å². The minimum absolute atomic E-state index is 0.134. The highest BCUT2D eigenvalue weighted by molar-refractivity contribution is 7.80. The molecule has 0 saturated heterocycles. The average molecular weight is 360 g/mol. The van der Waals surface area contributed by atoms with Gasteiger partial charge in [0.25, 0.3) is 0 Å². The van der Waals surface area contributed by atoms with Gasteiger partial charge in [-0.2, -0.15) is 9.61 Å². The van der Waals surface area contributed by atoms with Gasteiger partial charge in [-0.1, -0.05) is 44.2 Å². The van der Waals surface area contributed by atoms with Gasteiger partial charge in [0.1, 0.15) is 11.3 Å². The van der Waals surface area contributed by atoms with Crippen molar-refractivity contribution in [3.63, 3.8) is 0 Å². The van der Waals surface area contributed by atoms with E-state index in [0.717, 1.165) is 21.2 Å². The largest absolute Gasteiger partial charge is 0.332 e. The van der Waals surface area contributed by atoms with Gasteiger partial charge in [-0.25, -0.2) is 0 Å². The molecule has 2 aromatic heterocycles. The summed E-state index contributed by atoms with van der Waals surface area (Å²) in [5, 5.41) is 19.0. The van der Waals surface area contributed by atoms with Crippen LogP contribution in [0.25, 0.3) is 15.5 Å². The van der Waals surface area contributed by atoms with Crippen molar-refractivity contribution in [1.82, 2.24) is 25.1 Å². The molecule has 0 radical (unpaired) electrons. The van der Waals surface area contributed by atoms with Gasteiger partial charge >= 0.3 is 0 Å². The molecule has 0 saturated carbocycles. The molecule has 24 heavy (non-hydrogen) atoms. The number of carbonyl (C=O) groups excluding carboxylic acids is 1. The van der Waals surface area contributed by atoms with Crippen LogP contribution in [0.15, 0.2) is 30.6 Å². The van der Waals surface area contributed by atoms with Crippen molar-refractivity contribution in [3.05, 3.63) is 30.6 Å². The number of fused-ring (bicyclic) bond motifs is 1. The smallest absolute Gasteiger partial charge is 0.234 e. The molecule has 124 valence electrons. The number of aromatic nitrogens is 4. The van der Waals surface area contributed by atoms with Crippen LogP contribution in [-0.2, 0) is 4.79 Å². The van der Waals surface area contributed by atoms with E-state index in [2.05, 4.69) is 25.9 Å². The summed E-state index contributed by atoms with van der Waals surface area (Å²) in [6.45, 7) is 5.50. The second-order valence-electron chi connectivity index (χ2n) is 6.20. The molecule has 0 aliphatic heterocycles. The van der Waals surface area contributed by atoms with Crippen molar-refractivity contribution < 1.29 is 4.79 Å². The van der Waals surface area contributed by atoms with Crippen LogP contribution in [0.1, 0.15) is 20.8 Å². The molecule has 0 spiro atoms. The van der Waals surface area contributed by atoms with Crippen LogP contribution in [0.2, 0.25) is 0 Å². The summed E-state index contributed by atoms with van der Waals surface area (Å²) in [4.78, 5) is 12.7. The molecule has 1 aromatic carbocycles. The first-order valence-corrected chi connectivity index (χ1v) is 8.45. The maximum Gasteiger partial charge on any atom is 0.234 e.